The van der Waals surface area contributed by atoms with Gasteiger partial charge in [0.15, 0.2) is 0 Å². The van der Waals surface area contributed by atoms with E-state index < -0.39 is 17.2 Å². The fraction of sp³-hybridized carbons (Fsp3) is 0.286. The first kappa shape index (κ1) is 15.3. The Balaban J connectivity index is 2.32. The number of amides is 2. The van der Waals surface area contributed by atoms with Crippen LogP contribution in [0.2, 0.25) is 5.21 Å². The van der Waals surface area contributed by atoms with E-state index >= 15 is 0 Å². The Morgan fingerprint density at radius 2 is 2.04 bits per heavy atom. The van der Waals surface area contributed by atoms with Gasteiger partial charge in [-0.15, -0.1) is 0 Å². The molecule has 1 atom stereocenters. The zero-order valence-electron chi connectivity index (χ0n) is 13.2. The number of hydrogen-bond donors (Lipinski definition) is 2. The molecule has 2 aromatic rings. The van der Waals surface area contributed by atoms with Crippen molar-refractivity contribution in [2.75, 3.05) is 5.73 Å². The highest BCUT2D eigenvalue weighted by Gasteiger charge is 2.44. The molecule has 9 heteroatoms. The Kier molecular flexibility index (Phi) is 3.31. The summed E-state index contributed by atoms with van der Waals surface area (Å²) < 4.78 is 1.35. The molecule has 0 aliphatic carbocycles. The second kappa shape index (κ2) is 4.97. The first-order valence-electron chi connectivity index (χ1n) is 7.33. The van der Waals surface area contributed by atoms with Crippen molar-refractivity contribution in [3.05, 3.63) is 34.4 Å². The summed E-state index contributed by atoms with van der Waals surface area (Å²) in [5, 5.41) is 1.89. The number of piperidine rings is 1. The molecule has 0 radical (unpaired) electrons. The van der Waals surface area contributed by atoms with Gasteiger partial charge in [-0.3, -0.25) is 24.3 Å². The van der Waals surface area contributed by atoms with E-state index in [9.17, 15) is 14.4 Å². The van der Waals surface area contributed by atoms with Gasteiger partial charge in [0, 0.05) is 12.1 Å². The molecule has 1 saturated heterocycles. The van der Waals surface area contributed by atoms with E-state index in [0.29, 0.717) is 22.4 Å². The molecule has 0 saturated carbocycles. The van der Waals surface area contributed by atoms with Crippen LogP contribution in [-0.4, -0.2) is 37.1 Å². The minimum Gasteiger partial charge on any atom is -0.398 e. The molecule has 7 nitrogen and oxygen atoms in total. The number of carbonyl (C=O) groups is 2. The number of benzene rings is 1. The molecule has 1 aliphatic heterocycles. The summed E-state index contributed by atoms with van der Waals surface area (Å²) in [7, 11) is 3.58. The maximum Gasteiger partial charge on any atom is 0.264 e. The van der Waals surface area contributed by atoms with E-state index in [1.807, 2.05) is 0 Å². The number of nitrogen functional groups attached to an aromatic ring is 1. The zero-order chi connectivity index (χ0) is 16.9. The van der Waals surface area contributed by atoms with E-state index in [1.54, 1.807) is 40.8 Å². The molecule has 0 spiro atoms. The van der Waals surface area contributed by atoms with E-state index in [1.165, 1.54) is 4.57 Å². The Hall–Kier alpha value is -2.57. The fourth-order valence-electron chi connectivity index (χ4n) is 3.27. The molecule has 1 aromatic carbocycles. The van der Waals surface area contributed by atoms with Crippen LogP contribution in [0.15, 0.2) is 23.0 Å². The van der Waals surface area contributed by atoms with Crippen molar-refractivity contribution in [1.29, 1.82) is 0 Å². The molecular weight excluding hydrogens is 294 g/mol. The molecule has 3 N–H and O–H groups in total. The molecule has 1 aromatic heterocycles. The third-order valence-electron chi connectivity index (χ3n) is 4.26. The van der Waals surface area contributed by atoms with Gasteiger partial charge in [0.05, 0.1) is 10.9 Å². The molecule has 2 heterocycles. The van der Waals surface area contributed by atoms with Crippen LogP contribution >= 0.6 is 0 Å². The first-order valence-corrected chi connectivity index (χ1v) is 7.33. The van der Waals surface area contributed by atoms with Crippen molar-refractivity contribution >= 4 is 44.1 Å². The normalized spacial score (nSPS) is 20.5. The molecular formula is C14H16B2N4O3. The average Bonchev–Trinajstić information content (AvgIpc) is 2.40. The lowest BCUT2D eigenvalue weighted by Gasteiger charge is -2.38. The second-order valence-corrected chi connectivity index (χ2v) is 6.56. The van der Waals surface area contributed by atoms with Gasteiger partial charge < -0.3 is 5.73 Å². The summed E-state index contributed by atoms with van der Waals surface area (Å²) in [4.78, 5) is 41.4. The zero-order valence-corrected chi connectivity index (χ0v) is 13.2. The third-order valence-corrected chi connectivity index (χ3v) is 4.26. The maximum atomic E-state index is 13.0. The highest BCUT2D eigenvalue weighted by atomic mass is 16.2. The molecule has 1 aliphatic rings. The Morgan fingerprint density at radius 1 is 1.35 bits per heavy atom. The van der Waals surface area contributed by atoms with Crippen LogP contribution in [0.3, 0.4) is 0 Å². The number of imide groups is 1. The van der Waals surface area contributed by atoms with Crippen molar-refractivity contribution in [2.45, 2.75) is 24.6 Å². The van der Waals surface area contributed by atoms with Crippen LogP contribution in [0.25, 0.3) is 10.9 Å². The summed E-state index contributed by atoms with van der Waals surface area (Å²) >= 11 is 0. The lowest BCUT2D eigenvalue weighted by Crippen LogP contribution is -2.52. The SMILES string of the molecule is BC1(B)CC(=O)NC(=O)C1n1c(C)nc2cccc(N)c2c1=O. The summed E-state index contributed by atoms with van der Waals surface area (Å²) in [6.45, 7) is 1.67. The molecule has 1 unspecified atom stereocenters. The fourth-order valence-corrected chi connectivity index (χ4v) is 3.27. The van der Waals surface area contributed by atoms with E-state index in [-0.39, 0.29) is 17.9 Å². The molecule has 116 valence electrons. The topological polar surface area (TPSA) is 107 Å². The molecule has 1 fully saturated rings. The van der Waals surface area contributed by atoms with Crippen LogP contribution in [-0.2, 0) is 9.59 Å². The van der Waals surface area contributed by atoms with Crippen LogP contribution in [0.1, 0.15) is 18.3 Å². The smallest absolute Gasteiger partial charge is 0.264 e. The monoisotopic (exact) mass is 310 g/mol. The van der Waals surface area contributed by atoms with Gasteiger partial charge in [-0.2, -0.15) is 0 Å². The van der Waals surface area contributed by atoms with Crippen molar-refractivity contribution in [3.8, 4) is 0 Å². The standard InChI is InChI=1S/C14H16B2N4O3/c1-6-18-8-4-2-3-7(17)10(8)13(23)20(6)11-12(22)19-9(21)5-14(11,15)16/h2-4,11H,5,15-17H2,1H3,(H,19,21,22). The van der Waals surface area contributed by atoms with Crippen LogP contribution in [0.5, 0.6) is 0 Å². The van der Waals surface area contributed by atoms with E-state index in [4.69, 9.17) is 5.73 Å². The van der Waals surface area contributed by atoms with Crippen molar-refractivity contribution in [2.24, 2.45) is 0 Å². The lowest BCUT2D eigenvalue weighted by molar-refractivity contribution is -0.136. The first-order chi connectivity index (χ1) is 10.7. The average molecular weight is 310 g/mol. The maximum absolute atomic E-state index is 13.0. The number of nitrogens with two attached hydrogens (primary N) is 1. The van der Waals surface area contributed by atoms with E-state index in [0.717, 1.165) is 0 Å². The van der Waals surface area contributed by atoms with Crippen molar-refractivity contribution in [1.82, 2.24) is 14.9 Å². The minimum absolute atomic E-state index is 0.150. The van der Waals surface area contributed by atoms with Crippen LogP contribution in [0, 0.1) is 6.92 Å². The van der Waals surface area contributed by atoms with Crippen LogP contribution in [0.4, 0.5) is 5.69 Å². The Labute approximate surface area is 134 Å². The number of rotatable bonds is 1. The minimum atomic E-state index is -0.816. The second-order valence-electron chi connectivity index (χ2n) is 6.56. The molecule has 23 heavy (non-hydrogen) atoms. The van der Waals surface area contributed by atoms with Gasteiger partial charge in [0.25, 0.3) is 5.56 Å². The van der Waals surface area contributed by atoms with Crippen molar-refractivity contribution in [3.63, 3.8) is 0 Å². The van der Waals surface area contributed by atoms with Gasteiger partial charge in [-0.1, -0.05) is 6.07 Å². The predicted octanol–water partition coefficient (Wildman–Crippen LogP) is -1.74. The Morgan fingerprint density at radius 3 is 2.70 bits per heavy atom. The highest BCUT2D eigenvalue weighted by Crippen LogP contribution is 2.39. The lowest BCUT2D eigenvalue weighted by atomic mass is 9.47. The largest absolute Gasteiger partial charge is 0.398 e. The summed E-state index contributed by atoms with van der Waals surface area (Å²) in [6.07, 6.45) is 0.150. The van der Waals surface area contributed by atoms with Gasteiger partial charge in [-0.05, 0) is 24.3 Å². The molecule has 0 bridgehead atoms. The molecule has 3 rings (SSSR count). The van der Waals surface area contributed by atoms with Gasteiger partial charge >= 0.3 is 0 Å². The number of aromatic nitrogens is 2. The summed E-state index contributed by atoms with van der Waals surface area (Å²) in [6, 6.07) is 4.24. The number of carbonyl (C=O) groups excluding carboxylic acids is 2. The quantitative estimate of drug-likeness (QED) is 0.369. The predicted molar refractivity (Wildman–Crippen MR) is 91.7 cm³/mol. The van der Waals surface area contributed by atoms with Crippen molar-refractivity contribution < 1.29 is 9.59 Å². The van der Waals surface area contributed by atoms with Gasteiger partial charge in [0.1, 0.15) is 27.6 Å². The van der Waals surface area contributed by atoms with E-state index in [2.05, 4.69) is 10.3 Å². The Bertz CT molecular complexity index is 907. The summed E-state index contributed by atoms with van der Waals surface area (Å²) in [5.74, 6) is -0.419. The number of nitrogens with one attached hydrogen (secondary N) is 1. The number of fused-ring (bicyclic) bond motifs is 1. The number of nitrogens with zero attached hydrogens (tertiary/aromatic N) is 2. The summed E-state index contributed by atoms with van der Waals surface area (Å²) in [5.41, 5.74) is 6.37. The third kappa shape index (κ3) is 2.32. The number of aryl methyl sites for hydroxylation is 1. The molecule has 2 amide bonds. The van der Waals surface area contributed by atoms with Crippen LogP contribution < -0.4 is 16.6 Å². The van der Waals surface area contributed by atoms with Gasteiger partial charge in [-0.25, -0.2) is 4.98 Å². The number of anilines is 1. The van der Waals surface area contributed by atoms with Gasteiger partial charge in [0.2, 0.25) is 11.8 Å². The highest BCUT2D eigenvalue weighted by molar-refractivity contribution is 6.43. The number of hydrogen-bond acceptors (Lipinski definition) is 5.